The molecule has 0 unspecified atom stereocenters. The molecule has 3 heterocycles. The third kappa shape index (κ3) is 4.15. The summed E-state index contributed by atoms with van der Waals surface area (Å²) >= 11 is 7.17. The summed E-state index contributed by atoms with van der Waals surface area (Å²) in [5.41, 5.74) is 0.424. The van der Waals surface area contributed by atoms with Gasteiger partial charge in [-0.1, -0.05) is 35.5 Å². The Morgan fingerprint density at radius 2 is 2.00 bits per heavy atom. The second kappa shape index (κ2) is 8.05. The first-order valence-electron chi connectivity index (χ1n) is 8.49. The van der Waals surface area contributed by atoms with Crippen LogP contribution in [0.5, 0.6) is 0 Å². The van der Waals surface area contributed by atoms with E-state index in [0.29, 0.717) is 34.2 Å². The lowest BCUT2D eigenvalue weighted by Gasteiger charge is -2.12. The highest BCUT2D eigenvalue weighted by Gasteiger charge is 2.15. The minimum absolute atomic E-state index is 0.164. The molecule has 0 bridgehead atoms. The van der Waals surface area contributed by atoms with E-state index >= 15 is 0 Å². The van der Waals surface area contributed by atoms with Crippen LogP contribution in [0.25, 0.3) is 10.9 Å². The van der Waals surface area contributed by atoms with Crippen LogP contribution in [0.15, 0.2) is 58.9 Å². The van der Waals surface area contributed by atoms with E-state index in [0.717, 1.165) is 0 Å². The van der Waals surface area contributed by atoms with Gasteiger partial charge in [0.1, 0.15) is 5.88 Å². The fourth-order valence-electron chi connectivity index (χ4n) is 2.76. The Kier molecular flexibility index (Phi) is 5.32. The number of benzene rings is 1. The molecule has 4 rings (SSSR count). The molecule has 0 aliphatic rings. The van der Waals surface area contributed by atoms with E-state index in [4.69, 9.17) is 11.6 Å². The maximum absolute atomic E-state index is 13.0. The van der Waals surface area contributed by atoms with Crippen molar-refractivity contribution in [1.29, 1.82) is 0 Å². The van der Waals surface area contributed by atoms with Crippen LogP contribution in [0, 0.1) is 10.1 Å². The molecule has 10 nitrogen and oxygen atoms in total. The molecule has 0 aliphatic heterocycles. The van der Waals surface area contributed by atoms with Gasteiger partial charge in [-0.15, -0.1) is 0 Å². The highest BCUT2D eigenvalue weighted by molar-refractivity contribution is 7.98. The first kappa shape index (κ1) is 19.2. The van der Waals surface area contributed by atoms with E-state index in [-0.39, 0.29) is 17.3 Å². The van der Waals surface area contributed by atoms with Crippen molar-refractivity contribution in [3.05, 3.63) is 74.4 Å². The summed E-state index contributed by atoms with van der Waals surface area (Å²) in [6.07, 6.45) is 4.72. The molecule has 0 atom stereocenters. The number of hydrogen-bond donors (Lipinski definition) is 0. The Bertz CT molecular complexity index is 1250. The summed E-state index contributed by atoms with van der Waals surface area (Å²) in [5, 5.41) is 20.3. The van der Waals surface area contributed by atoms with E-state index in [1.54, 1.807) is 33.6 Å². The molecular formula is C17H14ClN7O3S. The van der Waals surface area contributed by atoms with Crippen molar-refractivity contribution in [1.82, 2.24) is 29.1 Å². The van der Waals surface area contributed by atoms with Crippen molar-refractivity contribution in [3.8, 4) is 0 Å². The van der Waals surface area contributed by atoms with Gasteiger partial charge in [0.2, 0.25) is 0 Å². The van der Waals surface area contributed by atoms with Crippen molar-refractivity contribution in [2.45, 2.75) is 24.1 Å². The number of aryl methyl sites for hydroxylation is 1. The maximum atomic E-state index is 13.0. The van der Waals surface area contributed by atoms with Crippen molar-refractivity contribution >= 4 is 40.1 Å². The molecule has 0 fully saturated rings. The van der Waals surface area contributed by atoms with Crippen LogP contribution >= 0.6 is 23.4 Å². The smallest absolute Gasteiger partial charge is 0.358 e. The zero-order valence-corrected chi connectivity index (χ0v) is 16.5. The maximum Gasteiger partial charge on any atom is 0.389 e. The fraction of sp³-hybridized carbons (Fsp3) is 0.176. The Balaban J connectivity index is 1.64. The molecule has 0 spiro atoms. The highest BCUT2D eigenvalue weighted by Crippen LogP contribution is 2.20. The van der Waals surface area contributed by atoms with Crippen molar-refractivity contribution in [3.63, 3.8) is 0 Å². The van der Waals surface area contributed by atoms with Crippen LogP contribution in [0.4, 0.5) is 5.82 Å². The monoisotopic (exact) mass is 431 g/mol. The van der Waals surface area contributed by atoms with Crippen LogP contribution < -0.4 is 5.56 Å². The van der Waals surface area contributed by atoms with Gasteiger partial charge in [0.05, 0.1) is 46.0 Å². The molecule has 3 aromatic heterocycles. The fourth-order valence-corrected chi connectivity index (χ4v) is 3.80. The molecular weight excluding hydrogens is 418 g/mol. The summed E-state index contributed by atoms with van der Waals surface area (Å²) < 4.78 is 4.65. The molecule has 12 heteroatoms. The molecule has 0 aliphatic carbocycles. The van der Waals surface area contributed by atoms with Gasteiger partial charge in [-0.3, -0.25) is 14.0 Å². The summed E-state index contributed by atoms with van der Waals surface area (Å²) in [5.74, 6) is 0.0386. The van der Waals surface area contributed by atoms with E-state index in [2.05, 4.69) is 15.2 Å². The minimum Gasteiger partial charge on any atom is -0.358 e. The van der Waals surface area contributed by atoms with Gasteiger partial charge in [0.25, 0.3) is 5.56 Å². The van der Waals surface area contributed by atoms with E-state index in [1.807, 2.05) is 6.07 Å². The molecule has 29 heavy (non-hydrogen) atoms. The van der Waals surface area contributed by atoms with Gasteiger partial charge in [-0.25, -0.2) is 4.98 Å². The molecule has 0 amide bonds. The summed E-state index contributed by atoms with van der Waals surface area (Å²) in [6.45, 7) is 0.781. The Morgan fingerprint density at radius 1 is 1.17 bits per heavy atom. The van der Waals surface area contributed by atoms with Gasteiger partial charge < -0.3 is 10.1 Å². The number of aromatic nitrogens is 6. The topological polar surface area (TPSA) is 114 Å². The van der Waals surface area contributed by atoms with Crippen LogP contribution in [0.2, 0.25) is 5.02 Å². The lowest BCUT2D eigenvalue weighted by atomic mass is 10.2. The first-order valence-corrected chi connectivity index (χ1v) is 9.86. The largest absolute Gasteiger partial charge is 0.389 e. The number of halogens is 1. The van der Waals surface area contributed by atoms with E-state index < -0.39 is 4.92 Å². The molecule has 0 saturated carbocycles. The highest BCUT2D eigenvalue weighted by atomic mass is 35.5. The lowest BCUT2D eigenvalue weighted by Crippen LogP contribution is -2.25. The quantitative estimate of drug-likeness (QED) is 0.191. The van der Waals surface area contributed by atoms with Gasteiger partial charge >= 0.3 is 5.82 Å². The number of nitrogens with zero attached hydrogens (tertiary/aromatic N) is 7. The van der Waals surface area contributed by atoms with Crippen molar-refractivity contribution < 1.29 is 4.92 Å². The lowest BCUT2D eigenvalue weighted by molar-refractivity contribution is -0.389. The third-order valence-electron chi connectivity index (χ3n) is 4.12. The molecule has 148 valence electrons. The van der Waals surface area contributed by atoms with Crippen LogP contribution in [-0.2, 0) is 19.0 Å². The van der Waals surface area contributed by atoms with Gasteiger partial charge in [-0.05, 0) is 17.1 Å². The number of rotatable bonds is 7. The molecule has 4 aromatic rings. The first-order chi connectivity index (χ1) is 14.0. The average Bonchev–Trinajstić information content (AvgIpc) is 3.35. The summed E-state index contributed by atoms with van der Waals surface area (Å²) in [4.78, 5) is 27.9. The normalized spacial score (nSPS) is 11.2. The Labute approximate surface area is 172 Å². The number of hydrogen-bond acceptors (Lipinski definition) is 7. The van der Waals surface area contributed by atoms with Gasteiger partial charge in [0.15, 0.2) is 5.16 Å². The third-order valence-corrected chi connectivity index (χ3v) is 5.28. The Morgan fingerprint density at radius 3 is 2.72 bits per heavy atom. The SMILES string of the molecule is O=c1c2ccccc2nc(SCn2ccc([N+](=O)[O-])n2)n1CCn1cc(Cl)cn1. The minimum atomic E-state index is -0.555. The van der Waals surface area contributed by atoms with Crippen LogP contribution in [0.1, 0.15) is 0 Å². The second-order valence-electron chi connectivity index (χ2n) is 6.03. The van der Waals surface area contributed by atoms with Crippen LogP contribution in [-0.4, -0.2) is 34.0 Å². The number of para-hydroxylation sites is 1. The number of fused-ring (bicyclic) bond motifs is 1. The predicted molar refractivity (Wildman–Crippen MR) is 108 cm³/mol. The zero-order chi connectivity index (χ0) is 20.4. The van der Waals surface area contributed by atoms with E-state index in [9.17, 15) is 14.9 Å². The summed E-state index contributed by atoms with van der Waals surface area (Å²) in [7, 11) is 0. The molecule has 0 saturated heterocycles. The standard InChI is InChI=1S/C17H14ClN7O3S/c18-12-9-19-22(10-12)7-8-24-16(26)13-3-1-2-4-14(13)20-17(24)29-11-23-6-5-15(21-23)25(27)28/h1-6,9-10H,7-8,11H2. The molecule has 0 N–H and O–H groups in total. The Hall–Kier alpha value is -3.18. The predicted octanol–water partition coefficient (Wildman–Crippen LogP) is 2.80. The average molecular weight is 432 g/mol. The van der Waals surface area contributed by atoms with Gasteiger partial charge in [-0.2, -0.15) is 9.78 Å². The number of thioether (sulfide) groups is 1. The van der Waals surface area contributed by atoms with Crippen LogP contribution in [0.3, 0.4) is 0 Å². The van der Waals surface area contributed by atoms with Crippen molar-refractivity contribution in [2.24, 2.45) is 0 Å². The van der Waals surface area contributed by atoms with E-state index in [1.165, 1.54) is 34.9 Å². The van der Waals surface area contributed by atoms with Gasteiger partial charge in [0, 0.05) is 12.7 Å². The summed E-state index contributed by atoms with van der Waals surface area (Å²) in [6, 6.07) is 8.44. The molecule has 0 radical (unpaired) electrons. The zero-order valence-electron chi connectivity index (χ0n) is 14.9. The second-order valence-corrected chi connectivity index (χ2v) is 7.38. The molecule has 1 aromatic carbocycles. The van der Waals surface area contributed by atoms with Crippen molar-refractivity contribution in [2.75, 3.05) is 0 Å². The number of nitro groups is 1.